The molecule has 0 saturated carbocycles. The highest BCUT2D eigenvalue weighted by Crippen LogP contribution is 2.26. The summed E-state index contributed by atoms with van der Waals surface area (Å²) in [6, 6.07) is 11.2. The average Bonchev–Trinajstić information content (AvgIpc) is 3.09. The van der Waals surface area contributed by atoms with Gasteiger partial charge >= 0.3 is 6.09 Å². The molecule has 0 spiro atoms. The Morgan fingerprint density at radius 3 is 1.90 bits per heavy atom. The Labute approximate surface area is 181 Å². The Kier molecular flexibility index (Phi) is 6.70. The molecule has 0 radical (unpaired) electrons. The molecule has 11 heteroatoms. The summed E-state index contributed by atoms with van der Waals surface area (Å²) in [5.74, 6) is 0. The third-order valence-corrected chi connectivity index (χ3v) is 7.59. The van der Waals surface area contributed by atoms with Gasteiger partial charge in [-0.2, -0.15) is 16.8 Å². The van der Waals surface area contributed by atoms with Crippen LogP contribution in [-0.4, -0.2) is 58.2 Å². The van der Waals surface area contributed by atoms with Crippen molar-refractivity contribution in [2.24, 2.45) is 0 Å². The fourth-order valence-corrected chi connectivity index (χ4v) is 5.24. The fourth-order valence-electron chi connectivity index (χ4n) is 3.22. The largest absolute Gasteiger partial charge is 0.465 e. The summed E-state index contributed by atoms with van der Waals surface area (Å²) < 4.78 is 60.0. The standard InChI is InChI=1S/C20H23NO8S2/c1-14-3-7-18(8-4-14)30(24,25)28-13-16-11-17(12-21(16)20(22)23)29-31(26,27)19-9-5-15(2)6-10-19/h3-10,16-17H,11-13H2,1-2H3,(H,22,23). The van der Waals surface area contributed by atoms with Crippen LogP contribution in [0.4, 0.5) is 4.79 Å². The zero-order valence-electron chi connectivity index (χ0n) is 17.0. The van der Waals surface area contributed by atoms with Crippen molar-refractivity contribution in [3.05, 3.63) is 59.7 Å². The molecule has 2 atom stereocenters. The van der Waals surface area contributed by atoms with E-state index in [0.29, 0.717) is 0 Å². The third kappa shape index (κ3) is 5.62. The van der Waals surface area contributed by atoms with Crippen molar-refractivity contribution < 1.29 is 35.1 Å². The van der Waals surface area contributed by atoms with Crippen molar-refractivity contribution in [1.29, 1.82) is 0 Å². The minimum Gasteiger partial charge on any atom is -0.465 e. The van der Waals surface area contributed by atoms with E-state index >= 15 is 0 Å². The summed E-state index contributed by atoms with van der Waals surface area (Å²) in [6.45, 7) is 2.95. The summed E-state index contributed by atoms with van der Waals surface area (Å²) in [4.78, 5) is 12.4. The monoisotopic (exact) mass is 469 g/mol. The van der Waals surface area contributed by atoms with Crippen LogP contribution < -0.4 is 0 Å². The van der Waals surface area contributed by atoms with Crippen molar-refractivity contribution >= 4 is 26.3 Å². The van der Waals surface area contributed by atoms with E-state index < -0.39 is 45.1 Å². The topological polar surface area (TPSA) is 127 Å². The molecule has 1 aliphatic rings. The van der Waals surface area contributed by atoms with Crippen LogP contribution in [0.5, 0.6) is 0 Å². The summed E-state index contributed by atoms with van der Waals surface area (Å²) in [7, 11) is -8.19. The minimum atomic E-state index is -4.10. The van der Waals surface area contributed by atoms with Crippen molar-refractivity contribution in [3.8, 4) is 0 Å². The normalized spacial score (nSPS) is 19.5. The van der Waals surface area contributed by atoms with Crippen molar-refractivity contribution in [1.82, 2.24) is 4.90 Å². The molecule has 3 rings (SSSR count). The number of benzene rings is 2. The van der Waals surface area contributed by atoms with Crippen LogP contribution in [0, 0.1) is 13.8 Å². The zero-order chi connectivity index (χ0) is 22.8. The lowest BCUT2D eigenvalue weighted by molar-refractivity contribution is 0.122. The van der Waals surface area contributed by atoms with Gasteiger partial charge in [-0.25, -0.2) is 4.79 Å². The van der Waals surface area contributed by atoms with Crippen molar-refractivity contribution in [2.45, 2.75) is 42.2 Å². The molecule has 9 nitrogen and oxygen atoms in total. The second-order valence-corrected chi connectivity index (χ2v) is 10.5. The van der Waals surface area contributed by atoms with Gasteiger partial charge in [0.25, 0.3) is 20.2 Å². The van der Waals surface area contributed by atoms with Gasteiger partial charge in [0, 0.05) is 0 Å². The first-order chi connectivity index (χ1) is 14.5. The number of amides is 1. The molecule has 1 saturated heterocycles. The number of nitrogens with zero attached hydrogens (tertiary/aromatic N) is 1. The van der Waals surface area contributed by atoms with Gasteiger partial charge in [-0.15, -0.1) is 0 Å². The van der Waals surface area contributed by atoms with E-state index in [-0.39, 0.29) is 22.8 Å². The minimum absolute atomic E-state index is 0.0270. The first kappa shape index (κ1) is 23.2. The SMILES string of the molecule is Cc1ccc(S(=O)(=O)OCC2CC(OS(=O)(=O)c3ccc(C)cc3)CN2C(=O)O)cc1. The molecule has 2 aromatic rings. The summed E-state index contributed by atoms with van der Waals surface area (Å²) in [5, 5.41) is 9.44. The van der Waals surface area contributed by atoms with Gasteiger partial charge in [0.15, 0.2) is 0 Å². The number of carboxylic acid groups (broad SMARTS) is 1. The quantitative estimate of drug-likeness (QED) is 0.613. The second kappa shape index (κ2) is 8.95. The molecule has 1 aliphatic heterocycles. The van der Waals surface area contributed by atoms with Gasteiger partial charge in [-0.3, -0.25) is 8.37 Å². The van der Waals surface area contributed by atoms with E-state index in [0.717, 1.165) is 16.0 Å². The van der Waals surface area contributed by atoms with Crippen LogP contribution in [0.2, 0.25) is 0 Å². The Balaban J connectivity index is 1.69. The predicted molar refractivity (Wildman–Crippen MR) is 111 cm³/mol. The van der Waals surface area contributed by atoms with Crippen LogP contribution in [0.1, 0.15) is 17.5 Å². The molecule has 1 N–H and O–H groups in total. The summed E-state index contributed by atoms with van der Waals surface area (Å²) >= 11 is 0. The number of rotatable bonds is 7. The van der Waals surface area contributed by atoms with Gasteiger partial charge < -0.3 is 10.0 Å². The number of aryl methyl sites for hydroxylation is 2. The Hall–Kier alpha value is -2.47. The average molecular weight is 470 g/mol. The molecule has 0 bridgehead atoms. The van der Waals surface area contributed by atoms with Gasteiger partial charge in [0.05, 0.1) is 35.1 Å². The zero-order valence-corrected chi connectivity index (χ0v) is 18.6. The highest BCUT2D eigenvalue weighted by molar-refractivity contribution is 7.87. The molecular formula is C20H23NO8S2. The van der Waals surface area contributed by atoms with Crippen LogP contribution in [0.25, 0.3) is 0 Å². The first-order valence-corrected chi connectivity index (χ1v) is 12.3. The second-order valence-electron chi connectivity index (χ2n) is 7.36. The van der Waals surface area contributed by atoms with Crippen LogP contribution >= 0.6 is 0 Å². The number of carbonyl (C=O) groups is 1. The van der Waals surface area contributed by atoms with Crippen LogP contribution in [-0.2, 0) is 28.6 Å². The summed E-state index contributed by atoms with van der Waals surface area (Å²) in [6.07, 6.45) is -2.31. The van der Waals surface area contributed by atoms with E-state index in [2.05, 4.69) is 0 Å². The molecule has 1 heterocycles. The highest BCUT2D eigenvalue weighted by Gasteiger charge is 2.39. The van der Waals surface area contributed by atoms with E-state index in [9.17, 15) is 26.7 Å². The van der Waals surface area contributed by atoms with Crippen LogP contribution in [0.15, 0.2) is 58.3 Å². The fraction of sp³-hybridized carbons (Fsp3) is 0.350. The molecule has 0 aliphatic carbocycles. The van der Waals surface area contributed by atoms with E-state index in [4.69, 9.17) is 8.37 Å². The Bertz CT molecular complexity index is 1140. The van der Waals surface area contributed by atoms with Gasteiger partial charge in [-0.1, -0.05) is 35.4 Å². The first-order valence-electron chi connectivity index (χ1n) is 9.43. The maximum absolute atomic E-state index is 12.5. The predicted octanol–water partition coefficient (Wildman–Crippen LogP) is 2.54. The Morgan fingerprint density at radius 2 is 1.42 bits per heavy atom. The van der Waals surface area contributed by atoms with Gasteiger partial charge in [-0.05, 0) is 44.5 Å². The van der Waals surface area contributed by atoms with Crippen LogP contribution in [0.3, 0.4) is 0 Å². The molecule has 2 unspecified atom stereocenters. The van der Waals surface area contributed by atoms with Crippen molar-refractivity contribution in [3.63, 3.8) is 0 Å². The molecule has 1 fully saturated rings. The lowest BCUT2D eigenvalue weighted by Crippen LogP contribution is -2.38. The lowest BCUT2D eigenvalue weighted by Gasteiger charge is -2.20. The molecule has 2 aromatic carbocycles. The lowest BCUT2D eigenvalue weighted by atomic mass is 10.2. The molecule has 0 aromatic heterocycles. The van der Waals surface area contributed by atoms with Gasteiger partial charge in [0.2, 0.25) is 0 Å². The van der Waals surface area contributed by atoms with Gasteiger partial charge in [0.1, 0.15) is 0 Å². The summed E-state index contributed by atoms with van der Waals surface area (Å²) in [5.41, 5.74) is 1.76. The Morgan fingerprint density at radius 1 is 0.935 bits per heavy atom. The van der Waals surface area contributed by atoms with E-state index in [1.54, 1.807) is 24.3 Å². The number of likely N-dealkylation sites (tertiary alicyclic amines) is 1. The number of hydrogen-bond acceptors (Lipinski definition) is 7. The van der Waals surface area contributed by atoms with E-state index in [1.807, 2.05) is 13.8 Å². The third-order valence-electron chi connectivity index (χ3n) is 4.92. The molecule has 31 heavy (non-hydrogen) atoms. The van der Waals surface area contributed by atoms with E-state index in [1.165, 1.54) is 24.3 Å². The molecular weight excluding hydrogens is 446 g/mol. The maximum atomic E-state index is 12.5. The van der Waals surface area contributed by atoms with Crippen molar-refractivity contribution in [2.75, 3.05) is 13.2 Å². The molecule has 168 valence electrons. The highest BCUT2D eigenvalue weighted by atomic mass is 32.2. The smallest absolute Gasteiger partial charge is 0.407 e. The maximum Gasteiger partial charge on any atom is 0.407 e. The molecule has 1 amide bonds. The number of hydrogen-bond donors (Lipinski definition) is 1.